The molecule has 0 spiro atoms. The van der Waals surface area contributed by atoms with Crippen molar-refractivity contribution in [1.82, 2.24) is 0 Å². The fourth-order valence-electron chi connectivity index (χ4n) is 2.82. The van der Waals surface area contributed by atoms with Crippen molar-refractivity contribution in [3.8, 4) is 5.75 Å². The molecule has 13 heavy (non-hydrogen) atoms. The van der Waals surface area contributed by atoms with E-state index in [2.05, 4.69) is 18.2 Å². The van der Waals surface area contributed by atoms with Gasteiger partial charge in [0.25, 0.3) is 0 Å². The van der Waals surface area contributed by atoms with E-state index >= 15 is 0 Å². The number of methoxy groups -OCH3 is 1. The first-order chi connectivity index (χ1) is 6.40. The highest BCUT2D eigenvalue weighted by atomic mass is 16.5. The van der Waals surface area contributed by atoms with Gasteiger partial charge in [0.15, 0.2) is 0 Å². The average molecular weight is 174 g/mol. The minimum absolute atomic E-state index is 0.866. The van der Waals surface area contributed by atoms with E-state index in [1.807, 2.05) is 0 Å². The van der Waals surface area contributed by atoms with Crippen LogP contribution in [0.3, 0.4) is 0 Å². The van der Waals surface area contributed by atoms with Gasteiger partial charge in [-0.2, -0.15) is 0 Å². The number of hydrogen-bond donors (Lipinski definition) is 0. The van der Waals surface area contributed by atoms with Gasteiger partial charge in [-0.15, -0.1) is 0 Å². The van der Waals surface area contributed by atoms with Gasteiger partial charge in [-0.1, -0.05) is 12.1 Å². The predicted molar refractivity (Wildman–Crippen MR) is 52.2 cm³/mol. The van der Waals surface area contributed by atoms with Gasteiger partial charge in [-0.05, 0) is 48.3 Å². The summed E-state index contributed by atoms with van der Waals surface area (Å²) in [5, 5.41) is 0. The van der Waals surface area contributed by atoms with Crippen LogP contribution in [0.4, 0.5) is 0 Å². The minimum atomic E-state index is 0.866. The summed E-state index contributed by atoms with van der Waals surface area (Å²) in [6.07, 6.45) is 4.07. The maximum Gasteiger partial charge on any atom is 0.122 e. The lowest BCUT2D eigenvalue weighted by Crippen LogP contribution is -2.18. The molecule has 3 rings (SSSR count). The summed E-state index contributed by atoms with van der Waals surface area (Å²) in [7, 11) is 1.77. The van der Waals surface area contributed by atoms with Crippen molar-refractivity contribution in [1.29, 1.82) is 0 Å². The Labute approximate surface area is 78.7 Å². The summed E-state index contributed by atoms with van der Waals surface area (Å²) < 4.78 is 5.38. The molecule has 0 aromatic heterocycles. The fourth-order valence-corrected chi connectivity index (χ4v) is 2.82. The van der Waals surface area contributed by atoms with E-state index in [1.54, 1.807) is 12.7 Å². The number of ether oxygens (including phenoxy) is 1. The molecule has 1 aromatic carbocycles. The zero-order chi connectivity index (χ0) is 8.84. The molecule has 0 amide bonds. The van der Waals surface area contributed by atoms with E-state index in [0.717, 1.165) is 17.6 Å². The van der Waals surface area contributed by atoms with E-state index < -0.39 is 0 Å². The van der Waals surface area contributed by atoms with E-state index in [4.69, 9.17) is 4.74 Å². The highest BCUT2D eigenvalue weighted by molar-refractivity contribution is 5.47. The van der Waals surface area contributed by atoms with E-state index in [9.17, 15) is 0 Å². The Morgan fingerprint density at radius 3 is 2.92 bits per heavy atom. The van der Waals surface area contributed by atoms with Crippen molar-refractivity contribution in [2.45, 2.75) is 25.2 Å². The van der Waals surface area contributed by atoms with Gasteiger partial charge in [0, 0.05) is 0 Å². The van der Waals surface area contributed by atoms with E-state index in [0.29, 0.717) is 0 Å². The highest BCUT2D eigenvalue weighted by Crippen LogP contribution is 2.52. The topological polar surface area (TPSA) is 9.23 Å². The molecule has 2 aliphatic rings. The summed E-state index contributed by atoms with van der Waals surface area (Å²) in [5.74, 6) is 2.91. The quantitative estimate of drug-likeness (QED) is 0.636. The monoisotopic (exact) mass is 174 g/mol. The molecule has 68 valence electrons. The molecule has 0 radical (unpaired) electrons. The van der Waals surface area contributed by atoms with Crippen LogP contribution in [0.15, 0.2) is 18.2 Å². The van der Waals surface area contributed by atoms with Crippen LogP contribution >= 0.6 is 0 Å². The van der Waals surface area contributed by atoms with Gasteiger partial charge in [-0.3, -0.25) is 0 Å². The second-order valence-corrected chi connectivity index (χ2v) is 4.18. The molecule has 0 N–H and O–H groups in total. The van der Waals surface area contributed by atoms with Crippen molar-refractivity contribution in [2.24, 2.45) is 5.92 Å². The summed E-state index contributed by atoms with van der Waals surface area (Å²) in [5.41, 5.74) is 3.05. The zero-order valence-corrected chi connectivity index (χ0v) is 7.92. The zero-order valence-electron chi connectivity index (χ0n) is 7.92. The summed E-state index contributed by atoms with van der Waals surface area (Å²) in [6.45, 7) is 0. The Morgan fingerprint density at radius 2 is 2.23 bits per heavy atom. The third-order valence-corrected chi connectivity index (χ3v) is 3.67. The molecule has 1 nitrogen and oxygen atoms in total. The first-order valence-electron chi connectivity index (χ1n) is 5.06. The van der Waals surface area contributed by atoms with E-state index in [1.165, 1.54) is 24.8 Å². The van der Waals surface area contributed by atoms with Crippen molar-refractivity contribution in [3.63, 3.8) is 0 Å². The molecule has 2 atom stereocenters. The average Bonchev–Trinajstić information content (AvgIpc) is 2.37. The van der Waals surface area contributed by atoms with Gasteiger partial charge in [0.2, 0.25) is 0 Å². The first-order valence-corrected chi connectivity index (χ1v) is 5.06. The Balaban J connectivity index is 2.11. The molecule has 1 aromatic rings. The van der Waals surface area contributed by atoms with Gasteiger partial charge < -0.3 is 4.74 Å². The van der Waals surface area contributed by atoms with Crippen LogP contribution in [-0.4, -0.2) is 7.11 Å². The molecule has 0 heterocycles. The summed E-state index contributed by atoms with van der Waals surface area (Å²) in [4.78, 5) is 0. The molecular weight excluding hydrogens is 160 g/mol. The van der Waals surface area contributed by atoms with Crippen molar-refractivity contribution >= 4 is 0 Å². The van der Waals surface area contributed by atoms with E-state index in [-0.39, 0.29) is 0 Å². The molecular formula is C12H14O. The lowest BCUT2D eigenvalue weighted by atomic mass is 9.74. The molecule has 1 saturated carbocycles. The molecule has 0 saturated heterocycles. The van der Waals surface area contributed by atoms with Gasteiger partial charge in [0.05, 0.1) is 7.11 Å². The maximum absolute atomic E-state index is 5.38. The Morgan fingerprint density at radius 1 is 1.31 bits per heavy atom. The second kappa shape index (κ2) is 2.50. The second-order valence-electron chi connectivity index (χ2n) is 4.18. The van der Waals surface area contributed by atoms with Crippen LogP contribution in [0.1, 0.15) is 29.9 Å². The normalized spacial score (nSPS) is 29.0. The molecule has 1 fully saturated rings. The first kappa shape index (κ1) is 7.43. The van der Waals surface area contributed by atoms with Crippen molar-refractivity contribution in [2.75, 3.05) is 7.11 Å². The fraction of sp³-hybridized carbons (Fsp3) is 0.500. The predicted octanol–water partition coefficient (Wildman–Crippen LogP) is 2.74. The van der Waals surface area contributed by atoms with Crippen LogP contribution in [0.5, 0.6) is 5.75 Å². The van der Waals surface area contributed by atoms with Crippen LogP contribution in [0.25, 0.3) is 0 Å². The summed E-state index contributed by atoms with van der Waals surface area (Å²) >= 11 is 0. The van der Waals surface area contributed by atoms with Gasteiger partial charge in [-0.25, -0.2) is 0 Å². The lowest BCUT2D eigenvalue weighted by molar-refractivity contribution is 0.280. The SMILES string of the molecule is COc1cccc2c1CC1CCC21. The molecule has 2 aliphatic carbocycles. The maximum atomic E-state index is 5.38. The van der Waals surface area contributed by atoms with Crippen LogP contribution in [0.2, 0.25) is 0 Å². The van der Waals surface area contributed by atoms with Crippen molar-refractivity contribution in [3.05, 3.63) is 29.3 Å². The number of benzene rings is 1. The largest absolute Gasteiger partial charge is 0.496 e. The van der Waals surface area contributed by atoms with Gasteiger partial charge in [0.1, 0.15) is 5.75 Å². The molecule has 0 bridgehead atoms. The number of fused-ring (bicyclic) bond motifs is 3. The van der Waals surface area contributed by atoms with Crippen LogP contribution in [0, 0.1) is 5.92 Å². The highest BCUT2D eigenvalue weighted by Gasteiger charge is 2.40. The molecule has 2 unspecified atom stereocenters. The third-order valence-electron chi connectivity index (χ3n) is 3.67. The Kier molecular flexibility index (Phi) is 1.43. The number of hydrogen-bond acceptors (Lipinski definition) is 1. The smallest absolute Gasteiger partial charge is 0.122 e. The number of rotatable bonds is 1. The Bertz CT molecular complexity index is 343. The molecule has 1 heteroatoms. The molecule has 0 aliphatic heterocycles. The summed E-state index contributed by atoms with van der Waals surface area (Å²) in [6, 6.07) is 6.49. The van der Waals surface area contributed by atoms with Gasteiger partial charge >= 0.3 is 0 Å². The standard InChI is InChI=1S/C12H14O/c1-13-12-4-2-3-10-9-6-5-8(9)7-11(10)12/h2-4,8-9H,5-7H2,1H3. The third kappa shape index (κ3) is 0.874. The Hall–Kier alpha value is -0.980. The van der Waals surface area contributed by atoms with Crippen LogP contribution < -0.4 is 4.74 Å². The lowest BCUT2D eigenvalue weighted by Gasteiger charge is -2.30. The minimum Gasteiger partial charge on any atom is -0.496 e. The van der Waals surface area contributed by atoms with Crippen LogP contribution in [-0.2, 0) is 6.42 Å². The van der Waals surface area contributed by atoms with Crippen molar-refractivity contribution < 1.29 is 4.74 Å².